The summed E-state index contributed by atoms with van der Waals surface area (Å²) in [7, 11) is 2.14. The molecule has 1 saturated carbocycles. The molecule has 0 radical (unpaired) electrons. The summed E-state index contributed by atoms with van der Waals surface area (Å²) < 4.78 is 2.78. The zero-order valence-corrected chi connectivity index (χ0v) is 11.8. The summed E-state index contributed by atoms with van der Waals surface area (Å²) in [5, 5.41) is 7.25. The van der Waals surface area contributed by atoms with E-state index in [0.717, 1.165) is 23.2 Å². The lowest BCUT2D eigenvalue weighted by molar-refractivity contribution is 0.333. The molecule has 1 aliphatic rings. The van der Waals surface area contributed by atoms with E-state index < -0.39 is 0 Å². The van der Waals surface area contributed by atoms with E-state index in [0.29, 0.717) is 6.04 Å². The Bertz CT molecular complexity index is 422. The van der Waals surface area contributed by atoms with E-state index >= 15 is 0 Å². The van der Waals surface area contributed by atoms with Gasteiger partial charge in [0.15, 0.2) is 4.77 Å². The normalized spacial score (nSPS) is 24.9. The van der Waals surface area contributed by atoms with Crippen LogP contribution >= 0.6 is 12.2 Å². The molecule has 2 atom stereocenters. The van der Waals surface area contributed by atoms with Crippen LogP contribution in [-0.2, 0) is 6.54 Å². The van der Waals surface area contributed by atoms with Crippen LogP contribution in [0.25, 0.3) is 0 Å². The van der Waals surface area contributed by atoms with Gasteiger partial charge in [-0.05, 0) is 37.9 Å². The second-order valence-corrected chi connectivity index (χ2v) is 5.50. The van der Waals surface area contributed by atoms with Crippen molar-refractivity contribution in [2.24, 2.45) is 5.92 Å². The van der Waals surface area contributed by atoms with Gasteiger partial charge in [0.1, 0.15) is 0 Å². The van der Waals surface area contributed by atoms with E-state index in [1.807, 2.05) is 0 Å². The van der Waals surface area contributed by atoms with Gasteiger partial charge in [0.05, 0.1) is 0 Å². The SMILES string of the molecule is CCn1c(N(C)C2CCCC(C)C2)n[nH]c1=S. The highest BCUT2D eigenvalue weighted by molar-refractivity contribution is 7.71. The summed E-state index contributed by atoms with van der Waals surface area (Å²) in [6, 6.07) is 0.606. The molecule has 0 aromatic carbocycles. The Morgan fingerprint density at radius 1 is 1.53 bits per heavy atom. The Kier molecular flexibility index (Phi) is 3.86. The van der Waals surface area contributed by atoms with Crippen LogP contribution in [0.3, 0.4) is 0 Å². The highest BCUT2D eigenvalue weighted by Gasteiger charge is 2.25. The van der Waals surface area contributed by atoms with Crippen LogP contribution in [-0.4, -0.2) is 27.9 Å². The molecule has 5 heteroatoms. The molecule has 1 aliphatic carbocycles. The Morgan fingerprint density at radius 3 is 2.94 bits per heavy atom. The monoisotopic (exact) mass is 254 g/mol. The van der Waals surface area contributed by atoms with Gasteiger partial charge in [-0.2, -0.15) is 0 Å². The molecule has 0 bridgehead atoms. The quantitative estimate of drug-likeness (QED) is 0.843. The molecule has 1 N–H and O–H groups in total. The molecule has 0 spiro atoms. The van der Waals surface area contributed by atoms with Crippen molar-refractivity contribution in [3.05, 3.63) is 4.77 Å². The van der Waals surface area contributed by atoms with Gasteiger partial charge >= 0.3 is 0 Å². The summed E-state index contributed by atoms with van der Waals surface area (Å²) in [6.45, 7) is 5.32. The Balaban J connectivity index is 2.18. The van der Waals surface area contributed by atoms with E-state index in [9.17, 15) is 0 Å². The highest BCUT2D eigenvalue weighted by Crippen LogP contribution is 2.28. The molecule has 96 valence electrons. The third-order valence-electron chi connectivity index (χ3n) is 3.83. The zero-order valence-electron chi connectivity index (χ0n) is 10.9. The Labute approximate surface area is 108 Å². The van der Waals surface area contributed by atoms with Crippen LogP contribution in [0.5, 0.6) is 0 Å². The van der Waals surface area contributed by atoms with Crippen LogP contribution in [0.4, 0.5) is 5.95 Å². The summed E-state index contributed by atoms with van der Waals surface area (Å²) in [5.74, 6) is 1.81. The molecule has 2 unspecified atom stereocenters. The van der Waals surface area contributed by atoms with Crippen LogP contribution < -0.4 is 4.90 Å². The molecule has 1 fully saturated rings. The second kappa shape index (κ2) is 5.21. The van der Waals surface area contributed by atoms with Crippen LogP contribution in [0.2, 0.25) is 0 Å². The lowest BCUT2D eigenvalue weighted by Gasteiger charge is -2.34. The zero-order chi connectivity index (χ0) is 12.4. The predicted molar refractivity (Wildman–Crippen MR) is 72.9 cm³/mol. The first-order valence-corrected chi connectivity index (χ1v) is 6.92. The number of nitrogens with one attached hydrogen (secondary N) is 1. The summed E-state index contributed by atoms with van der Waals surface area (Å²) in [6.07, 6.45) is 5.22. The number of anilines is 1. The van der Waals surface area contributed by atoms with Gasteiger partial charge in [0.25, 0.3) is 0 Å². The fourth-order valence-electron chi connectivity index (χ4n) is 2.78. The minimum atomic E-state index is 0.606. The number of nitrogens with zero attached hydrogens (tertiary/aromatic N) is 3. The van der Waals surface area contributed by atoms with Gasteiger partial charge in [0.2, 0.25) is 5.95 Å². The summed E-state index contributed by atoms with van der Waals surface area (Å²) >= 11 is 5.23. The maximum absolute atomic E-state index is 5.23. The van der Waals surface area contributed by atoms with E-state index in [1.165, 1.54) is 25.7 Å². The molecular formula is C12H22N4S. The average Bonchev–Trinajstić information content (AvgIpc) is 2.69. The smallest absolute Gasteiger partial charge is 0.225 e. The first-order valence-electron chi connectivity index (χ1n) is 6.51. The van der Waals surface area contributed by atoms with Gasteiger partial charge < -0.3 is 4.90 Å². The lowest BCUT2D eigenvalue weighted by atomic mass is 9.86. The lowest BCUT2D eigenvalue weighted by Crippen LogP contribution is -2.37. The molecular weight excluding hydrogens is 232 g/mol. The second-order valence-electron chi connectivity index (χ2n) is 5.11. The Morgan fingerprint density at radius 2 is 2.29 bits per heavy atom. The van der Waals surface area contributed by atoms with Gasteiger partial charge in [0, 0.05) is 19.6 Å². The largest absolute Gasteiger partial charge is 0.341 e. The molecule has 17 heavy (non-hydrogen) atoms. The number of rotatable bonds is 3. The first kappa shape index (κ1) is 12.6. The van der Waals surface area contributed by atoms with Crippen molar-refractivity contribution in [2.45, 2.75) is 52.1 Å². The maximum atomic E-state index is 5.23. The van der Waals surface area contributed by atoms with Crippen LogP contribution in [0.1, 0.15) is 39.5 Å². The third kappa shape index (κ3) is 2.54. The number of hydrogen-bond donors (Lipinski definition) is 1. The standard InChI is InChI=1S/C12H22N4S/c1-4-16-11(13-14-12(16)17)15(3)10-7-5-6-9(2)8-10/h9-10H,4-8H2,1-3H3,(H,14,17). The topological polar surface area (TPSA) is 36.9 Å². The molecule has 1 heterocycles. The van der Waals surface area contributed by atoms with Crippen molar-refractivity contribution in [2.75, 3.05) is 11.9 Å². The summed E-state index contributed by atoms with van der Waals surface area (Å²) in [4.78, 5) is 2.30. The molecule has 4 nitrogen and oxygen atoms in total. The minimum absolute atomic E-state index is 0.606. The molecule has 0 saturated heterocycles. The van der Waals surface area contributed by atoms with Crippen LogP contribution in [0.15, 0.2) is 0 Å². The van der Waals surface area contributed by atoms with Crippen molar-refractivity contribution in [1.29, 1.82) is 0 Å². The number of aromatic nitrogens is 3. The van der Waals surface area contributed by atoms with E-state index in [4.69, 9.17) is 12.2 Å². The molecule has 0 aliphatic heterocycles. The van der Waals surface area contributed by atoms with Gasteiger partial charge in [-0.3, -0.25) is 4.57 Å². The number of aromatic amines is 1. The van der Waals surface area contributed by atoms with Crippen molar-refractivity contribution in [1.82, 2.24) is 14.8 Å². The molecule has 0 amide bonds. The van der Waals surface area contributed by atoms with E-state index in [1.54, 1.807) is 0 Å². The van der Waals surface area contributed by atoms with Crippen molar-refractivity contribution >= 4 is 18.2 Å². The van der Waals surface area contributed by atoms with E-state index in [2.05, 4.69) is 40.6 Å². The van der Waals surface area contributed by atoms with Crippen molar-refractivity contribution in [3.63, 3.8) is 0 Å². The molecule has 2 rings (SSSR count). The number of hydrogen-bond acceptors (Lipinski definition) is 3. The van der Waals surface area contributed by atoms with Crippen molar-refractivity contribution in [3.8, 4) is 0 Å². The van der Waals surface area contributed by atoms with Gasteiger partial charge in [-0.25, -0.2) is 5.10 Å². The van der Waals surface area contributed by atoms with Crippen LogP contribution in [0, 0.1) is 10.7 Å². The summed E-state index contributed by atoms with van der Waals surface area (Å²) in [5.41, 5.74) is 0. The number of H-pyrrole nitrogens is 1. The maximum Gasteiger partial charge on any atom is 0.225 e. The van der Waals surface area contributed by atoms with Gasteiger partial charge in [-0.1, -0.05) is 19.8 Å². The third-order valence-corrected chi connectivity index (χ3v) is 4.14. The Hall–Kier alpha value is -0.840. The van der Waals surface area contributed by atoms with Crippen molar-refractivity contribution < 1.29 is 0 Å². The van der Waals surface area contributed by atoms with Gasteiger partial charge in [-0.15, -0.1) is 5.10 Å². The predicted octanol–water partition coefficient (Wildman–Crippen LogP) is 2.98. The fourth-order valence-corrected chi connectivity index (χ4v) is 3.04. The minimum Gasteiger partial charge on any atom is -0.341 e. The molecule has 1 aromatic heterocycles. The average molecular weight is 254 g/mol. The fraction of sp³-hybridized carbons (Fsp3) is 0.833. The first-order chi connectivity index (χ1) is 8.13. The highest BCUT2D eigenvalue weighted by atomic mass is 32.1. The molecule has 1 aromatic rings. The van der Waals surface area contributed by atoms with E-state index in [-0.39, 0.29) is 0 Å².